The zero-order valence-corrected chi connectivity index (χ0v) is 24.0. The SMILES string of the molecule is CN[C@@H](C)c1cccc(N2c3nc(Nc4ccc(N5C[C@H]6C[C@@H]5CO6)cc4)ncc3[C@]3(C)COC(C)(C)C[C@H]23)n1. The normalized spacial score (nSPS) is 28.9. The van der Waals surface area contributed by atoms with Crippen molar-refractivity contribution < 1.29 is 9.47 Å². The third-order valence-corrected chi connectivity index (χ3v) is 9.34. The Kier molecular flexibility index (Phi) is 6.03. The molecule has 40 heavy (non-hydrogen) atoms. The highest BCUT2D eigenvalue weighted by molar-refractivity contribution is 5.71. The number of benzene rings is 1. The summed E-state index contributed by atoms with van der Waals surface area (Å²) in [4.78, 5) is 19.8. The van der Waals surface area contributed by atoms with Gasteiger partial charge < -0.3 is 29.9 Å². The van der Waals surface area contributed by atoms with Crippen molar-refractivity contribution in [1.29, 1.82) is 0 Å². The van der Waals surface area contributed by atoms with Crippen LogP contribution in [0.1, 0.15) is 57.8 Å². The quantitative estimate of drug-likeness (QED) is 0.455. The molecule has 210 valence electrons. The Labute approximate surface area is 236 Å². The second kappa shape index (κ2) is 9.39. The topological polar surface area (TPSA) is 87.7 Å². The van der Waals surface area contributed by atoms with Gasteiger partial charge in [0.2, 0.25) is 5.95 Å². The van der Waals surface area contributed by atoms with Crippen LogP contribution in [0.4, 0.5) is 29.0 Å². The van der Waals surface area contributed by atoms with E-state index in [2.05, 4.69) is 90.6 Å². The van der Waals surface area contributed by atoms with E-state index in [1.807, 2.05) is 13.2 Å². The van der Waals surface area contributed by atoms with Gasteiger partial charge in [-0.2, -0.15) is 4.98 Å². The molecule has 0 aliphatic carbocycles. The largest absolute Gasteiger partial charge is 0.374 e. The molecule has 7 rings (SSSR count). The zero-order chi connectivity index (χ0) is 27.6. The number of anilines is 5. The van der Waals surface area contributed by atoms with Crippen molar-refractivity contribution in [3.8, 4) is 0 Å². The number of hydrogen-bond acceptors (Lipinski definition) is 9. The molecule has 1 aromatic carbocycles. The zero-order valence-electron chi connectivity index (χ0n) is 24.0. The predicted octanol–water partition coefficient (Wildman–Crippen LogP) is 4.85. The number of morpholine rings is 1. The number of nitrogens with one attached hydrogen (secondary N) is 2. The fraction of sp³-hybridized carbons (Fsp3) is 0.516. The molecule has 3 saturated heterocycles. The molecule has 0 amide bonds. The van der Waals surface area contributed by atoms with Gasteiger partial charge in [-0.05, 0) is 77.1 Å². The van der Waals surface area contributed by atoms with E-state index in [0.717, 1.165) is 54.6 Å². The molecular weight excluding hydrogens is 502 g/mol. The fourth-order valence-electron chi connectivity index (χ4n) is 6.80. The molecule has 0 spiro atoms. The number of nitrogens with zero attached hydrogens (tertiary/aromatic N) is 5. The summed E-state index contributed by atoms with van der Waals surface area (Å²) in [6, 6.07) is 15.6. The van der Waals surface area contributed by atoms with E-state index in [9.17, 15) is 0 Å². The van der Waals surface area contributed by atoms with Crippen LogP contribution in [0.3, 0.4) is 0 Å². The maximum absolute atomic E-state index is 6.36. The van der Waals surface area contributed by atoms with Crippen LogP contribution in [-0.4, -0.2) is 65.5 Å². The van der Waals surface area contributed by atoms with Crippen molar-refractivity contribution in [3.05, 3.63) is 59.9 Å². The number of fused-ring (bicyclic) bond motifs is 5. The molecule has 9 heteroatoms. The van der Waals surface area contributed by atoms with Crippen LogP contribution in [-0.2, 0) is 14.9 Å². The third kappa shape index (κ3) is 4.22. The summed E-state index contributed by atoms with van der Waals surface area (Å²) in [6.07, 6.45) is 4.35. The van der Waals surface area contributed by atoms with Crippen molar-refractivity contribution in [2.24, 2.45) is 0 Å². The van der Waals surface area contributed by atoms with E-state index in [1.54, 1.807) is 0 Å². The summed E-state index contributed by atoms with van der Waals surface area (Å²) in [5.41, 5.74) is 3.84. The summed E-state index contributed by atoms with van der Waals surface area (Å²) in [7, 11) is 1.96. The van der Waals surface area contributed by atoms with E-state index in [4.69, 9.17) is 24.4 Å². The molecule has 4 aliphatic rings. The lowest BCUT2D eigenvalue weighted by Crippen LogP contribution is -2.54. The molecular formula is C31H39N7O2. The van der Waals surface area contributed by atoms with Crippen LogP contribution in [0.15, 0.2) is 48.7 Å². The molecule has 0 saturated carbocycles. The lowest BCUT2D eigenvalue weighted by atomic mass is 9.73. The number of hydrogen-bond donors (Lipinski definition) is 2. The van der Waals surface area contributed by atoms with Gasteiger partial charge in [0.15, 0.2) is 0 Å². The van der Waals surface area contributed by atoms with Crippen LogP contribution >= 0.6 is 0 Å². The van der Waals surface area contributed by atoms with E-state index >= 15 is 0 Å². The first-order valence-corrected chi connectivity index (χ1v) is 14.4. The monoisotopic (exact) mass is 541 g/mol. The molecule has 9 nitrogen and oxygen atoms in total. The molecule has 4 aliphatic heterocycles. The molecule has 5 atom stereocenters. The van der Waals surface area contributed by atoms with Gasteiger partial charge in [-0.15, -0.1) is 0 Å². The van der Waals surface area contributed by atoms with Gasteiger partial charge in [-0.1, -0.05) is 13.0 Å². The first kappa shape index (κ1) is 25.7. The van der Waals surface area contributed by atoms with Gasteiger partial charge >= 0.3 is 0 Å². The summed E-state index contributed by atoms with van der Waals surface area (Å²) in [6.45, 7) is 11.2. The lowest BCUT2D eigenvalue weighted by Gasteiger charge is -2.46. The van der Waals surface area contributed by atoms with Crippen molar-refractivity contribution >= 4 is 29.0 Å². The second-order valence-electron chi connectivity index (χ2n) is 12.6. The molecule has 0 unspecified atom stereocenters. The average molecular weight is 542 g/mol. The molecule has 6 heterocycles. The number of aromatic nitrogens is 3. The van der Waals surface area contributed by atoms with Crippen molar-refractivity contribution in [2.75, 3.05) is 41.9 Å². The second-order valence-corrected chi connectivity index (χ2v) is 12.6. The average Bonchev–Trinajstić information content (AvgIpc) is 3.65. The van der Waals surface area contributed by atoms with Crippen LogP contribution in [0, 0.1) is 0 Å². The first-order valence-electron chi connectivity index (χ1n) is 14.4. The first-order chi connectivity index (χ1) is 19.2. The molecule has 2 aromatic heterocycles. The minimum atomic E-state index is -0.240. The van der Waals surface area contributed by atoms with Gasteiger partial charge in [-0.25, -0.2) is 9.97 Å². The van der Waals surface area contributed by atoms with E-state index in [-0.39, 0.29) is 23.1 Å². The molecule has 2 bridgehead atoms. The summed E-state index contributed by atoms with van der Waals surface area (Å²) in [5.74, 6) is 2.38. The minimum absolute atomic E-state index is 0.147. The fourth-order valence-corrected chi connectivity index (χ4v) is 6.80. The van der Waals surface area contributed by atoms with Crippen LogP contribution in [0.2, 0.25) is 0 Å². The molecule has 3 fully saturated rings. The molecule has 2 N–H and O–H groups in total. The Balaban J connectivity index is 1.22. The highest BCUT2D eigenvalue weighted by Crippen LogP contribution is 2.53. The Bertz CT molecular complexity index is 1410. The van der Waals surface area contributed by atoms with Crippen LogP contribution < -0.4 is 20.4 Å². The van der Waals surface area contributed by atoms with Crippen LogP contribution in [0.25, 0.3) is 0 Å². The van der Waals surface area contributed by atoms with Crippen molar-refractivity contribution in [3.63, 3.8) is 0 Å². The van der Waals surface area contributed by atoms with E-state index in [1.165, 1.54) is 5.69 Å². The smallest absolute Gasteiger partial charge is 0.229 e. The van der Waals surface area contributed by atoms with Gasteiger partial charge in [0.1, 0.15) is 11.6 Å². The Morgan fingerprint density at radius 2 is 1.90 bits per heavy atom. The van der Waals surface area contributed by atoms with Gasteiger partial charge in [-0.3, -0.25) is 0 Å². The maximum Gasteiger partial charge on any atom is 0.229 e. The highest BCUT2D eigenvalue weighted by atomic mass is 16.5. The van der Waals surface area contributed by atoms with Crippen LogP contribution in [0.5, 0.6) is 0 Å². The Morgan fingerprint density at radius 3 is 2.62 bits per heavy atom. The van der Waals surface area contributed by atoms with Crippen molar-refractivity contribution in [2.45, 2.75) is 75.8 Å². The minimum Gasteiger partial charge on any atom is -0.374 e. The number of rotatable bonds is 6. The lowest BCUT2D eigenvalue weighted by molar-refractivity contribution is -0.0893. The van der Waals surface area contributed by atoms with Crippen molar-refractivity contribution in [1.82, 2.24) is 20.3 Å². The summed E-state index contributed by atoms with van der Waals surface area (Å²) < 4.78 is 12.1. The number of ether oxygens (including phenoxy) is 2. The standard InChI is InChI=1S/C31H39N7O2/c1-19(32-5)25-7-6-8-27(35-25)38-26-14-30(2,3)40-18-31(26,4)24-15-33-29(36-28(24)38)34-20-9-11-21(12-10-20)37-16-23-13-22(37)17-39-23/h6-12,15,19,22-23,26,32H,13-14,16-18H2,1-5H3,(H,33,34,36)/t19-,22+,23+,26-,31-/m0/s1. The Hall–Kier alpha value is -3.27. The highest BCUT2D eigenvalue weighted by Gasteiger charge is 2.55. The predicted molar refractivity (Wildman–Crippen MR) is 157 cm³/mol. The Morgan fingerprint density at radius 1 is 1.07 bits per heavy atom. The number of pyridine rings is 1. The third-order valence-electron chi connectivity index (χ3n) is 9.34. The molecule has 3 aromatic rings. The van der Waals surface area contributed by atoms with E-state index < -0.39 is 0 Å². The molecule has 0 radical (unpaired) electrons. The van der Waals surface area contributed by atoms with Gasteiger partial charge in [0, 0.05) is 41.1 Å². The maximum atomic E-state index is 6.36. The summed E-state index contributed by atoms with van der Waals surface area (Å²) >= 11 is 0. The van der Waals surface area contributed by atoms with Gasteiger partial charge in [0.25, 0.3) is 0 Å². The van der Waals surface area contributed by atoms with E-state index in [0.29, 0.717) is 24.7 Å². The van der Waals surface area contributed by atoms with Gasteiger partial charge in [0.05, 0.1) is 42.7 Å². The summed E-state index contributed by atoms with van der Waals surface area (Å²) in [5, 5.41) is 6.77.